The number of carbonyl (C=O) groups excluding carboxylic acids is 2. The molecule has 6 heteroatoms. The Morgan fingerprint density at radius 1 is 1.40 bits per heavy atom. The molecule has 0 bridgehead atoms. The highest BCUT2D eigenvalue weighted by Crippen LogP contribution is 2.36. The number of hydrogen-bond donors (Lipinski definition) is 2. The van der Waals surface area contributed by atoms with E-state index >= 15 is 0 Å². The molecule has 2 saturated heterocycles. The van der Waals surface area contributed by atoms with E-state index in [2.05, 4.69) is 5.32 Å². The average Bonchev–Trinajstić information content (AvgIpc) is 2.50. The number of piperidine rings is 1. The molecule has 2 heterocycles. The maximum absolute atomic E-state index is 11.7. The predicted molar refractivity (Wildman–Crippen MR) is 49.1 cm³/mol. The molecule has 3 amide bonds. The van der Waals surface area contributed by atoms with Crippen LogP contribution in [0.1, 0.15) is 25.7 Å². The van der Waals surface area contributed by atoms with E-state index in [1.807, 2.05) is 0 Å². The van der Waals surface area contributed by atoms with Crippen molar-refractivity contribution in [3.8, 4) is 0 Å². The molecule has 0 aromatic rings. The van der Waals surface area contributed by atoms with Crippen LogP contribution in [0.3, 0.4) is 0 Å². The number of nitrogens with one attached hydrogen (secondary N) is 1. The second-order valence-corrected chi connectivity index (χ2v) is 3.90. The molecule has 2 aliphatic heterocycles. The normalized spacial score (nSPS) is 30.8. The van der Waals surface area contributed by atoms with Crippen molar-refractivity contribution < 1.29 is 19.5 Å². The van der Waals surface area contributed by atoms with Crippen LogP contribution in [-0.4, -0.2) is 40.0 Å². The maximum Gasteiger partial charge on any atom is 0.415 e. The smallest absolute Gasteiger partial charge is 0.415 e. The lowest BCUT2D eigenvalue weighted by Crippen LogP contribution is -2.60. The lowest BCUT2D eigenvalue weighted by Gasteiger charge is -2.36. The van der Waals surface area contributed by atoms with Gasteiger partial charge in [0.2, 0.25) is 11.8 Å². The van der Waals surface area contributed by atoms with Crippen LogP contribution in [-0.2, 0) is 9.59 Å². The molecule has 2 fully saturated rings. The molecule has 2 aliphatic rings. The first-order valence-corrected chi connectivity index (χ1v) is 4.92. The van der Waals surface area contributed by atoms with Crippen LogP contribution >= 0.6 is 0 Å². The summed E-state index contributed by atoms with van der Waals surface area (Å²) in [4.78, 5) is 34.8. The van der Waals surface area contributed by atoms with Gasteiger partial charge in [0.1, 0.15) is 5.54 Å². The summed E-state index contributed by atoms with van der Waals surface area (Å²) in [5, 5.41) is 11.6. The van der Waals surface area contributed by atoms with Crippen LogP contribution in [0.25, 0.3) is 0 Å². The molecule has 0 aromatic carbocycles. The second-order valence-electron chi connectivity index (χ2n) is 3.90. The highest BCUT2D eigenvalue weighted by molar-refractivity contribution is 6.03. The minimum Gasteiger partial charge on any atom is -0.465 e. The van der Waals surface area contributed by atoms with Crippen LogP contribution in [0.4, 0.5) is 4.79 Å². The Hall–Kier alpha value is -1.59. The molecule has 1 atom stereocenters. The minimum atomic E-state index is -1.32. The van der Waals surface area contributed by atoms with Crippen LogP contribution in [0.5, 0.6) is 0 Å². The van der Waals surface area contributed by atoms with E-state index in [1.165, 1.54) is 0 Å². The summed E-state index contributed by atoms with van der Waals surface area (Å²) in [5.74, 6) is -0.804. The van der Waals surface area contributed by atoms with Crippen molar-refractivity contribution in [1.29, 1.82) is 0 Å². The number of imide groups is 1. The van der Waals surface area contributed by atoms with Crippen molar-refractivity contribution in [2.24, 2.45) is 0 Å². The lowest BCUT2D eigenvalue weighted by atomic mass is 9.87. The van der Waals surface area contributed by atoms with Crippen LogP contribution in [0.15, 0.2) is 0 Å². The Morgan fingerprint density at radius 3 is 2.73 bits per heavy atom. The van der Waals surface area contributed by atoms with E-state index in [4.69, 9.17) is 5.11 Å². The van der Waals surface area contributed by atoms with E-state index in [-0.39, 0.29) is 12.3 Å². The third-order valence-corrected chi connectivity index (χ3v) is 3.10. The van der Waals surface area contributed by atoms with E-state index in [1.54, 1.807) is 0 Å². The summed E-state index contributed by atoms with van der Waals surface area (Å²) in [7, 11) is 0. The van der Waals surface area contributed by atoms with Gasteiger partial charge in [0, 0.05) is 13.0 Å². The third kappa shape index (κ3) is 1.28. The van der Waals surface area contributed by atoms with Crippen molar-refractivity contribution in [2.45, 2.75) is 31.2 Å². The fourth-order valence-corrected chi connectivity index (χ4v) is 2.38. The highest BCUT2D eigenvalue weighted by Gasteiger charge is 2.54. The van der Waals surface area contributed by atoms with Gasteiger partial charge in [-0.3, -0.25) is 9.59 Å². The number of carboxylic acid groups (broad SMARTS) is 1. The van der Waals surface area contributed by atoms with Crippen molar-refractivity contribution in [1.82, 2.24) is 10.2 Å². The summed E-state index contributed by atoms with van der Waals surface area (Å²) in [6.07, 6.45) is 0.276. The van der Waals surface area contributed by atoms with Gasteiger partial charge in [0.05, 0.1) is 0 Å². The molecule has 0 radical (unpaired) electrons. The summed E-state index contributed by atoms with van der Waals surface area (Å²) in [6, 6.07) is 0. The zero-order valence-corrected chi connectivity index (χ0v) is 8.15. The summed E-state index contributed by atoms with van der Waals surface area (Å²) in [6.45, 7) is 0.558. The average molecular weight is 212 g/mol. The molecular weight excluding hydrogens is 200 g/mol. The predicted octanol–water partition coefficient (Wildman–Crippen LogP) is -0.0644. The molecule has 0 aromatic heterocycles. The summed E-state index contributed by atoms with van der Waals surface area (Å²) in [5.41, 5.74) is -1.12. The quantitative estimate of drug-likeness (QED) is 0.588. The first kappa shape index (κ1) is 9.95. The monoisotopic (exact) mass is 212 g/mol. The number of nitrogens with zero attached hydrogens (tertiary/aromatic N) is 1. The number of carbonyl (C=O) groups is 3. The Kier molecular flexibility index (Phi) is 2.13. The fourth-order valence-electron chi connectivity index (χ4n) is 2.38. The number of hydrogen-bond acceptors (Lipinski definition) is 3. The molecule has 2 rings (SSSR count). The second kappa shape index (κ2) is 3.22. The molecular formula is C9H12N2O4. The summed E-state index contributed by atoms with van der Waals surface area (Å²) < 4.78 is 0. The topological polar surface area (TPSA) is 86.7 Å². The molecule has 0 saturated carbocycles. The summed E-state index contributed by atoms with van der Waals surface area (Å²) >= 11 is 0. The zero-order valence-electron chi connectivity index (χ0n) is 8.15. The Morgan fingerprint density at radius 2 is 2.13 bits per heavy atom. The van der Waals surface area contributed by atoms with Gasteiger partial charge in [0.25, 0.3) is 0 Å². The Bertz CT molecular complexity index is 341. The first-order valence-electron chi connectivity index (χ1n) is 4.92. The van der Waals surface area contributed by atoms with E-state index in [0.717, 1.165) is 0 Å². The van der Waals surface area contributed by atoms with Crippen LogP contribution < -0.4 is 5.32 Å². The zero-order chi connectivity index (χ0) is 11.1. The lowest BCUT2D eigenvalue weighted by molar-refractivity contribution is -0.140. The van der Waals surface area contributed by atoms with Crippen LogP contribution in [0, 0.1) is 0 Å². The van der Waals surface area contributed by atoms with Crippen molar-refractivity contribution in [3.05, 3.63) is 0 Å². The molecule has 0 aliphatic carbocycles. The van der Waals surface area contributed by atoms with Gasteiger partial charge in [-0.2, -0.15) is 0 Å². The van der Waals surface area contributed by atoms with Crippen LogP contribution in [0.2, 0.25) is 0 Å². The van der Waals surface area contributed by atoms with Crippen molar-refractivity contribution in [2.75, 3.05) is 6.54 Å². The van der Waals surface area contributed by atoms with Gasteiger partial charge in [-0.05, 0) is 19.3 Å². The van der Waals surface area contributed by atoms with Gasteiger partial charge in [0.15, 0.2) is 0 Å². The largest absolute Gasteiger partial charge is 0.465 e. The third-order valence-electron chi connectivity index (χ3n) is 3.10. The van der Waals surface area contributed by atoms with Gasteiger partial charge >= 0.3 is 6.09 Å². The number of likely N-dealkylation sites (tertiary alicyclic amines) is 1. The molecule has 2 N–H and O–H groups in total. The number of amides is 3. The molecule has 1 spiro atoms. The maximum atomic E-state index is 11.7. The standard InChI is InChI=1S/C9H12N2O4/c12-6-2-4-9(11(6)8(14)15)3-1-5-10-7(9)13/h1-5H2,(H,10,13)(H,14,15). The molecule has 1 unspecified atom stereocenters. The van der Waals surface area contributed by atoms with Gasteiger partial charge in [-0.25, -0.2) is 9.69 Å². The Balaban J connectivity index is 2.36. The molecule has 15 heavy (non-hydrogen) atoms. The van der Waals surface area contributed by atoms with Gasteiger partial charge in [-0.1, -0.05) is 0 Å². The van der Waals surface area contributed by atoms with Crippen molar-refractivity contribution >= 4 is 17.9 Å². The highest BCUT2D eigenvalue weighted by atomic mass is 16.4. The van der Waals surface area contributed by atoms with Gasteiger partial charge in [-0.15, -0.1) is 0 Å². The van der Waals surface area contributed by atoms with Crippen molar-refractivity contribution in [3.63, 3.8) is 0 Å². The minimum absolute atomic E-state index is 0.139. The number of rotatable bonds is 0. The molecule has 82 valence electrons. The first-order chi connectivity index (χ1) is 7.08. The Labute approximate surface area is 86.2 Å². The molecule has 6 nitrogen and oxygen atoms in total. The van der Waals surface area contributed by atoms with E-state index in [9.17, 15) is 14.4 Å². The SMILES string of the molecule is O=C(O)N1C(=O)CCC12CCCNC2=O. The van der Waals surface area contributed by atoms with Gasteiger partial charge < -0.3 is 10.4 Å². The van der Waals surface area contributed by atoms with E-state index < -0.39 is 17.5 Å². The fraction of sp³-hybridized carbons (Fsp3) is 0.667. The van der Waals surface area contributed by atoms with E-state index in [0.29, 0.717) is 30.7 Å².